The first kappa shape index (κ1) is 13.3. The fourth-order valence-corrected chi connectivity index (χ4v) is 1.87. The van der Waals surface area contributed by atoms with Gasteiger partial charge in [-0.05, 0) is 24.1 Å². The number of hydrogen-bond acceptors (Lipinski definition) is 5. The van der Waals surface area contributed by atoms with Gasteiger partial charge in [0.05, 0.1) is 11.6 Å². The maximum Gasteiger partial charge on any atom is 0.419 e. The first-order valence-electron chi connectivity index (χ1n) is 5.83. The van der Waals surface area contributed by atoms with Crippen molar-refractivity contribution in [2.24, 2.45) is 12.8 Å². The summed E-state index contributed by atoms with van der Waals surface area (Å²) >= 11 is 0. The lowest BCUT2D eigenvalue weighted by Gasteiger charge is -2.11. The molecule has 0 radical (unpaired) electrons. The molecule has 2 aromatic rings. The number of fused-ring (bicyclic) bond motifs is 1. The lowest BCUT2D eigenvalue weighted by atomic mass is 10.1. The van der Waals surface area contributed by atoms with Gasteiger partial charge < -0.3 is 10.2 Å². The molecule has 0 aliphatic heterocycles. The Hall–Kier alpha value is -2.12. The van der Waals surface area contributed by atoms with E-state index in [1.54, 1.807) is 26.2 Å². The SMILES string of the molecule is CNNC(=O)C(N)Cc1ccc2c(c1)oc(=O)n2C. The lowest BCUT2D eigenvalue weighted by molar-refractivity contribution is -0.123. The number of carbonyl (C=O) groups excluding carboxylic acids is 1. The molecule has 7 heteroatoms. The second-order valence-corrected chi connectivity index (χ2v) is 4.28. The molecule has 0 fully saturated rings. The molecule has 19 heavy (non-hydrogen) atoms. The number of nitrogens with one attached hydrogen (secondary N) is 2. The number of hydrazine groups is 1. The van der Waals surface area contributed by atoms with E-state index in [2.05, 4.69) is 10.9 Å². The first-order valence-corrected chi connectivity index (χ1v) is 5.83. The third-order valence-electron chi connectivity index (χ3n) is 2.90. The molecule has 4 N–H and O–H groups in total. The average molecular weight is 264 g/mol. The molecular weight excluding hydrogens is 248 g/mol. The minimum absolute atomic E-state index is 0.294. The number of benzene rings is 1. The van der Waals surface area contributed by atoms with Crippen molar-refractivity contribution < 1.29 is 9.21 Å². The van der Waals surface area contributed by atoms with E-state index >= 15 is 0 Å². The topological polar surface area (TPSA) is 102 Å². The van der Waals surface area contributed by atoms with E-state index in [-0.39, 0.29) is 5.91 Å². The summed E-state index contributed by atoms with van der Waals surface area (Å²) in [6.07, 6.45) is 0.363. The van der Waals surface area contributed by atoms with Gasteiger partial charge in [0.15, 0.2) is 5.58 Å². The summed E-state index contributed by atoms with van der Waals surface area (Å²) in [5.74, 6) is -0.707. The maximum absolute atomic E-state index is 11.5. The predicted octanol–water partition coefficient (Wildman–Crippen LogP) is -0.748. The highest BCUT2D eigenvalue weighted by Gasteiger charge is 2.14. The largest absolute Gasteiger partial charge is 0.419 e. The number of carbonyl (C=O) groups is 1. The molecule has 1 amide bonds. The summed E-state index contributed by atoms with van der Waals surface area (Å²) < 4.78 is 6.51. The monoisotopic (exact) mass is 264 g/mol. The van der Waals surface area contributed by atoms with Gasteiger partial charge in [-0.3, -0.25) is 14.8 Å². The van der Waals surface area contributed by atoms with Crippen molar-refractivity contribution >= 4 is 17.0 Å². The van der Waals surface area contributed by atoms with Crippen LogP contribution in [0.1, 0.15) is 5.56 Å². The van der Waals surface area contributed by atoms with Crippen molar-refractivity contribution in [3.8, 4) is 0 Å². The highest BCUT2D eigenvalue weighted by atomic mass is 16.4. The van der Waals surface area contributed by atoms with Crippen molar-refractivity contribution in [2.45, 2.75) is 12.5 Å². The van der Waals surface area contributed by atoms with E-state index in [4.69, 9.17) is 10.2 Å². The Kier molecular flexibility index (Phi) is 3.68. The quantitative estimate of drug-likeness (QED) is 0.631. The molecule has 1 unspecified atom stereocenters. The van der Waals surface area contributed by atoms with E-state index in [9.17, 15) is 9.59 Å². The number of hydrogen-bond donors (Lipinski definition) is 3. The third-order valence-corrected chi connectivity index (χ3v) is 2.90. The molecule has 1 heterocycles. The lowest BCUT2D eigenvalue weighted by Crippen LogP contribution is -2.46. The number of aromatic nitrogens is 1. The Morgan fingerprint density at radius 3 is 2.95 bits per heavy atom. The van der Waals surface area contributed by atoms with Crippen LogP contribution in [0.3, 0.4) is 0 Å². The molecule has 0 aliphatic rings. The van der Waals surface area contributed by atoms with E-state index in [0.717, 1.165) is 5.56 Å². The minimum atomic E-state index is -0.666. The molecule has 7 nitrogen and oxygen atoms in total. The number of nitrogens with two attached hydrogens (primary N) is 1. The van der Waals surface area contributed by atoms with E-state index in [1.165, 1.54) is 4.57 Å². The molecule has 0 spiro atoms. The van der Waals surface area contributed by atoms with E-state index < -0.39 is 11.8 Å². The van der Waals surface area contributed by atoms with Crippen LogP contribution in [0.4, 0.5) is 0 Å². The highest BCUT2D eigenvalue weighted by Crippen LogP contribution is 2.15. The van der Waals surface area contributed by atoms with Crippen LogP contribution < -0.4 is 22.3 Å². The van der Waals surface area contributed by atoms with Crippen LogP contribution in [0, 0.1) is 0 Å². The standard InChI is InChI=1S/C12H16N4O3/c1-14-15-11(17)8(13)5-7-3-4-9-10(6-7)19-12(18)16(9)2/h3-4,6,8,14H,5,13H2,1-2H3,(H,15,17). The first-order chi connectivity index (χ1) is 9.02. The Balaban J connectivity index is 2.22. The van der Waals surface area contributed by atoms with Crippen molar-refractivity contribution in [1.82, 2.24) is 15.4 Å². The van der Waals surface area contributed by atoms with Gasteiger partial charge in [0, 0.05) is 14.1 Å². The Morgan fingerprint density at radius 2 is 2.26 bits per heavy atom. The van der Waals surface area contributed by atoms with Crippen LogP contribution in [-0.4, -0.2) is 23.6 Å². The van der Waals surface area contributed by atoms with Gasteiger partial charge in [0.1, 0.15) is 0 Å². The molecule has 1 atom stereocenters. The van der Waals surface area contributed by atoms with Crippen LogP contribution in [0.25, 0.3) is 11.1 Å². The summed E-state index contributed by atoms with van der Waals surface area (Å²) in [4.78, 5) is 22.9. The fourth-order valence-electron chi connectivity index (χ4n) is 1.87. The van der Waals surface area contributed by atoms with Gasteiger partial charge in [-0.15, -0.1) is 0 Å². The van der Waals surface area contributed by atoms with Crippen molar-refractivity contribution in [1.29, 1.82) is 0 Å². The van der Waals surface area contributed by atoms with Gasteiger partial charge in [-0.25, -0.2) is 10.2 Å². The molecule has 102 valence electrons. The fraction of sp³-hybridized carbons (Fsp3) is 0.333. The Morgan fingerprint density at radius 1 is 1.53 bits per heavy atom. The zero-order chi connectivity index (χ0) is 14.0. The van der Waals surface area contributed by atoms with Gasteiger partial charge in [0.2, 0.25) is 0 Å². The van der Waals surface area contributed by atoms with Gasteiger partial charge >= 0.3 is 5.76 Å². The van der Waals surface area contributed by atoms with E-state index in [1.807, 2.05) is 6.07 Å². The van der Waals surface area contributed by atoms with Crippen LogP contribution >= 0.6 is 0 Å². The Bertz CT molecular complexity index is 659. The molecule has 2 rings (SSSR count). The molecule has 1 aromatic heterocycles. The second-order valence-electron chi connectivity index (χ2n) is 4.28. The molecule has 0 bridgehead atoms. The number of oxazole rings is 1. The predicted molar refractivity (Wildman–Crippen MR) is 70.3 cm³/mol. The molecule has 0 saturated carbocycles. The summed E-state index contributed by atoms with van der Waals surface area (Å²) in [5.41, 5.74) is 12.8. The van der Waals surface area contributed by atoms with Crippen LogP contribution in [-0.2, 0) is 18.3 Å². The minimum Gasteiger partial charge on any atom is -0.408 e. The maximum atomic E-state index is 11.5. The summed E-state index contributed by atoms with van der Waals surface area (Å²) in [7, 11) is 3.23. The summed E-state index contributed by atoms with van der Waals surface area (Å²) in [6.45, 7) is 0. The zero-order valence-electron chi connectivity index (χ0n) is 10.8. The van der Waals surface area contributed by atoms with Crippen molar-refractivity contribution in [3.63, 3.8) is 0 Å². The summed E-state index contributed by atoms with van der Waals surface area (Å²) in [6, 6.07) is 4.66. The van der Waals surface area contributed by atoms with Gasteiger partial charge in [0.25, 0.3) is 5.91 Å². The second kappa shape index (κ2) is 5.25. The van der Waals surface area contributed by atoms with Crippen LogP contribution in [0.2, 0.25) is 0 Å². The smallest absolute Gasteiger partial charge is 0.408 e. The molecule has 1 aromatic carbocycles. The van der Waals surface area contributed by atoms with Gasteiger partial charge in [-0.2, -0.15) is 0 Å². The van der Waals surface area contributed by atoms with E-state index in [0.29, 0.717) is 17.5 Å². The van der Waals surface area contributed by atoms with Crippen molar-refractivity contribution in [2.75, 3.05) is 7.05 Å². The summed E-state index contributed by atoms with van der Waals surface area (Å²) in [5, 5.41) is 0. The van der Waals surface area contributed by atoms with Crippen molar-refractivity contribution in [3.05, 3.63) is 34.3 Å². The normalized spacial score (nSPS) is 12.6. The number of aryl methyl sites for hydroxylation is 1. The average Bonchev–Trinajstić information content (AvgIpc) is 2.65. The molecule has 0 saturated heterocycles. The van der Waals surface area contributed by atoms with Crippen LogP contribution in [0.15, 0.2) is 27.4 Å². The third kappa shape index (κ3) is 2.67. The molecular formula is C12H16N4O3. The highest BCUT2D eigenvalue weighted by molar-refractivity contribution is 5.81. The van der Waals surface area contributed by atoms with Gasteiger partial charge in [-0.1, -0.05) is 6.07 Å². The number of rotatable bonds is 4. The Labute approximate surface area is 109 Å². The van der Waals surface area contributed by atoms with Crippen LogP contribution in [0.5, 0.6) is 0 Å². The zero-order valence-corrected chi connectivity index (χ0v) is 10.8. The number of nitrogens with zero attached hydrogens (tertiary/aromatic N) is 1. The molecule has 0 aliphatic carbocycles. The number of amides is 1.